The summed E-state index contributed by atoms with van der Waals surface area (Å²) in [5, 5.41) is 0. The van der Waals surface area contributed by atoms with Crippen LogP contribution in [-0.4, -0.2) is 32.0 Å². The van der Waals surface area contributed by atoms with Gasteiger partial charge in [-0.2, -0.15) is 0 Å². The molecular formula is C13H27NO2. The number of hydrogen-bond acceptors (Lipinski definition) is 3. The van der Waals surface area contributed by atoms with Crippen molar-refractivity contribution in [2.24, 2.45) is 11.1 Å². The van der Waals surface area contributed by atoms with Crippen molar-refractivity contribution in [3.05, 3.63) is 0 Å². The van der Waals surface area contributed by atoms with E-state index in [1.54, 1.807) is 0 Å². The maximum Gasteiger partial charge on any atom is 0.0732 e. The van der Waals surface area contributed by atoms with Gasteiger partial charge >= 0.3 is 0 Å². The first-order chi connectivity index (χ1) is 7.55. The first kappa shape index (κ1) is 13.9. The van der Waals surface area contributed by atoms with Crippen LogP contribution in [0.25, 0.3) is 0 Å². The minimum atomic E-state index is 0.208. The summed E-state index contributed by atoms with van der Waals surface area (Å²) in [5.74, 6) is 0. The van der Waals surface area contributed by atoms with Gasteiger partial charge in [0, 0.05) is 12.6 Å². The van der Waals surface area contributed by atoms with Crippen LogP contribution in [0.2, 0.25) is 0 Å². The van der Waals surface area contributed by atoms with Gasteiger partial charge in [0.15, 0.2) is 0 Å². The monoisotopic (exact) mass is 229 g/mol. The van der Waals surface area contributed by atoms with Gasteiger partial charge < -0.3 is 15.2 Å². The third kappa shape index (κ3) is 4.81. The molecule has 0 amide bonds. The molecule has 1 saturated carbocycles. The lowest BCUT2D eigenvalue weighted by molar-refractivity contribution is -0.0420. The SMILES string of the molecule is CCCOCCOC1CC(C)(C)CCC1N. The summed E-state index contributed by atoms with van der Waals surface area (Å²) < 4.78 is 11.2. The highest BCUT2D eigenvalue weighted by Gasteiger charge is 2.33. The van der Waals surface area contributed by atoms with E-state index in [0.29, 0.717) is 18.6 Å². The zero-order chi connectivity index (χ0) is 12.0. The molecule has 0 bridgehead atoms. The van der Waals surface area contributed by atoms with E-state index in [1.165, 1.54) is 6.42 Å². The zero-order valence-corrected chi connectivity index (χ0v) is 11.0. The summed E-state index contributed by atoms with van der Waals surface area (Å²) in [5.41, 5.74) is 6.45. The largest absolute Gasteiger partial charge is 0.379 e. The molecule has 1 rings (SSSR count). The number of nitrogens with two attached hydrogens (primary N) is 1. The average molecular weight is 229 g/mol. The minimum absolute atomic E-state index is 0.208. The quantitative estimate of drug-likeness (QED) is 0.711. The van der Waals surface area contributed by atoms with Crippen molar-refractivity contribution in [1.82, 2.24) is 0 Å². The fourth-order valence-electron chi connectivity index (χ4n) is 2.23. The fourth-order valence-corrected chi connectivity index (χ4v) is 2.23. The van der Waals surface area contributed by atoms with E-state index in [4.69, 9.17) is 15.2 Å². The van der Waals surface area contributed by atoms with Crippen molar-refractivity contribution >= 4 is 0 Å². The van der Waals surface area contributed by atoms with Gasteiger partial charge in [0.25, 0.3) is 0 Å². The first-order valence-corrected chi connectivity index (χ1v) is 6.50. The second-order valence-electron chi connectivity index (χ2n) is 5.59. The molecule has 0 spiro atoms. The highest BCUT2D eigenvalue weighted by Crippen LogP contribution is 2.35. The topological polar surface area (TPSA) is 44.5 Å². The van der Waals surface area contributed by atoms with E-state index in [2.05, 4.69) is 20.8 Å². The Bertz CT molecular complexity index is 194. The molecule has 0 aliphatic heterocycles. The molecule has 96 valence electrons. The van der Waals surface area contributed by atoms with Gasteiger partial charge in [-0.25, -0.2) is 0 Å². The van der Waals surface area contributed by atoms with E-state index in [-0.39, 0.29) is 12.1 Å². The summed E-state index contributed by atoms with van der Waals surface area (Å²) >= 11 is 0. The van der Waals surface area contributed by atoms with Crippen LogP contribution in [0.5, 0.6) is 0 Å². The van der Waals surface area contributed by atoms with Crippen molar-refractivity contribution in [3.8, 4) is 0 Å². The zero-order valence-electron chi connectivity index (χ0n) is 11.0. The van der Waals surface area contributed by atoms with Crippen LogP contribution in [0.1, 0.15) is 46.5 Å². The number of rotatable bonds is 6. The van der Waals surface area contributed by atoms with Gasteiger partial charge in [0.1, 0.15) is 0 Å². The predicted octanol–water partition coefficient (Wildman–Crippen LogP) is 2.34. The molecule has 0 aromatic heterocycles. The van der Waals surface area contributed by atoms with Gasteiger partial charge in [-0.1, -0.05) is 20.8 Å². The predicted molar refractivity (Wildman–Crippen MR) is 66.5 cm³/mol. The van der Waals surface area contributed by atoms with Crippen molar-refractivity contribution in [2.45, 2.75) is 58.6 Å². The highest BCUT2D eigenvalue weighted by atomic mass is 16.5. The molecule has 0 radical (unpaired) electrons. The molecule has 2 N–H and O–H groups in total. The number of ether oxygens (including phenoxy) is 2. The van der Waals surface area contributed by atoms with E-state index in [9.17, 15) is 0 Å². The average Bonchev–Trinajstić information content (AvgIpc) is 2.23. The molecule has 0 heterocycles. The van der Waals surface area contributed by atoms with E-state index in [1.807, 2.05) is 0 Å². The normalized spacial score (nSPS) is 29.2. The summed E-state index contributed by atoms with van der Waals surface area (Å²) in [4.78, 5) is 0. The summed E-state index contributed by atoms with van der Waals surface area (Å²) in [7, 11) is 0. The van der Waals surface area contributed by atoms with Crippen molar-refractivity contribution in [1.29, 1.82) is 0 Å². The summed E-state index contributed by atoms with van der Waals surface area (Å²) in [6.45, 7) is 8.89. The smallest absolute Gasteiger partial charge is 0.0732 e. The third-order valence-electron chi connectivity index (χ3n) is 3.29. The Morgan fingerprint density at radius 1 is 1.25 bits per heavy atom. The maximum atomic E-state index is 6.08. The molecule has 3 nitrogen and oxygen atoms in total. The second-order valence-corrected chi connectivity index (χ2v) is 5.59. The van der Waals surface area contributed by atoms with Gasteiger partial charge in [-0.15, -0.1) is 0 Å². The lowest BCUT2D eigenvalue weighted by atomic mass is 9.74. The Kier molecular flexibility index (Phi) is 5.73. The van der Waals surface area contributed by atoms with Crippen molar-refractivity contribution in [2.75, 3.05) is 19.8 Å². The van der Waals surface area contributed by atoms with E-state index < -0.39 is 0 Å². The molecule has 0 saturated heterocycles. The van der Waals surface area contributed by atoms with Gasteiger partial charge in [-0.3, -0.25) is 0 Å². The Hall–Kier alpha value is -0.120. The molecule has 2 atom stereocenters. The molecule has 2 unspecified atom stereocenters. The molecule has 1 aliphatic carbocycles. The highest BCUT2D eigenvalue weighted by molar-refractivity contribution is 4.87. The van der Waals surface area contributed by atoms with Crippen LogP contribution in [0.4, 0.5) is 0 Å². The molecule has 16 heavy (non-hydrogen) atoms. The Morgan fingerprint density at radius 3 is 2.69 bits per heavy atom. The standard InChI is InChI=1S/C13H27NO2/c1-4-7-15-8-9-16-12-10-13(2,3)6-5-11(12)14/h11-12H,4-10,14H2,1-3H3. The first-order valence-electron chi connectivity index (χ1n) is 6.50. The van der Waals surface area contributed by atoms with Crippen LogP contribution in [0.15, 0.2) is 0 Å². The molecule has 0 aromatic carbocycles. The summed E-state index contributed by atoms with van der Waals surface area (Å²) in [6, 6.07) is 0.208. The second kappa shape index (κ2) is 6.58. The van der Waals surface area contributed by atoms with Crippen LogP contribution in [-0.2, 0) is 9.47 Å². The minimum Gasteiger partial charge on any atom is -0.379 e. The lowest BCUT2D eigenvalue weighted by Gasteiger charge is -2.38. The Morgan fingerprint density at radius 2 is 2.00 bits per heavy atom. The third-order valence-corrected chi connectivity index (χ3v) is 3.29. The molecule has 1 fully saturated rings. The van der Waals surface area contributed by atoms with Gasteiger partial charge in [0.2, 0.25) is 0 Å². The van der Waals surface area contributed by atoms with Crippen molar-refractivity contribution in [3.63, 3.8) is 0 Å². The molecule has 0 aromatic rings. The number of hydrogen-bond donors (Lipinski definition) is 1. The summed E-state index contributed by atoms with van der Waals surface area (Å²) in [6.07, 6.45) is 4.64. The molecular weight excluding hydrogens is 202 g/mol. The maximum absolute atomic E-state index is 6.08. The van der Waals surface area contributed by atoms with Gasteiger partial charge in [0.05, 0.1) is 19.3 Å². The molecule has 1 aliphatic rings. The van der Waals surface area contributed by atoms with E-state index >= 15 is 0 Å². The van der Waals surface area contributed by atoms with Gasteiger partial charge in [-0.05, 0) is 31.1 Å². The van der Waals surface area contributed by atoms with Crippen molar-refractivity contribution < 1.29 is 9.47 Å². The fraction of sp³-hybridized carbons (Fsp3) is 1.00. The lowest BCUT2D eigenvalue weighted by Crippen LogP contribution is -2.45. The Balaban J connectivity index is 2.18. The Labute approximate surface area is 99.7 Å². The van der Waals surface area contributed by atoms with Crippen LogP contribution in [0, 0.1) is 5.41 Å². The molecule has 3 heteroatoms. The van der Waals surface area contributed by atoms with Crippen LogP contribution >= 0.6 is 0 Å². The van der Waals surface area contributed by atoms with Crippen LogP contribution in [0.3, 0.4) is 0 Å². The van der Waals surface area contributed by atoms with E-state index in [0.717, 1.165) is 25.9 Å². The van der Waals surface area contributed by atoms with Crippen LogP contribution < -0.4 is 5.73 Å².